The topological polar surface area (TPSA) is 54.4 Å². The summed E-state index contributed by atoms with van der Waals surface area (Å²) in [6.07, 6.45) is -0.0592. The molecular weight excluding hydrogens is 252 g/mol. The molecule has 0 saturated heterocycles. The summed E-state index contributed by atoms with van der Waals surface area (Å²) >= 11 is 0. The molecule has 0 radical (unpaired) electrons. The molecule has 0 saturated carbocycles. The number of ketones is 1. The first-order valence-corrected chi connectivity index (χ1v) is 6.41. The van der Waals surface area contributed by atoms with E-state index in [1.54, 1.807) is 55.5 Å². The van der Waals surface area contributed by atoms with Gasteiger partial charge in [0.25, 0.3) is 0 Å². The van der Waals surface area contributed by atoms with E-state index in [2.05, 4.69) is 0 Å². The summed E-state index contributed by atoms with van der Waals surface area (Å²) in [6, 6.07) is 17.6. The van der Waals surface area contributed by atoms with Crippen molar-refractivity contribution in [3.63, 3.8) is 0 Å². The fourth-order valence-corrected chi connectivity index (χ4v) is 2.15. The van der Waals surface area contributed by atoms with E-state index in [0.29, 0.717) is 11.1 Å². The molecule has 1 atom stereocenters. The summed E-state index contributed by atoms with van der Waals surface area (Å²) in [6.45, 7) is 1.59. The highest BCUT2D eigenvalue weighted by molar-refractivity contribution is 6.00. The maximum absolute atomic E-state index is 12.3. The highest BCUT2D eigenvalue weighted by atomic mass is 16.4. The lowest BCUT2D eigenvalue weighted by molar-refractivity contribution is -0.143. The molecule has 3 nitrogen and oxygen atoms in total. The maximum atomic E-state index is 12.3. The van der Waals surface area contributed by atoms with Crippen molar-refractivity contribution >= 4 is 11.8 Å². The third-order valence-corrected chi connectivity index (χ3v) is 3.49. The Labute approximate surface area is 117 Å². The Hall–Kier alpha value is -2.42. The van der Waals surface area contributed by atoms with Crippen LogP contribution in [0.4, 0.5) is 0 Å². The van der Waals surface area contributed by atoms with Crippen molar-refractivity contribution in [2.24, 2.45) is 0 Å². The maximum Gasteiger partial charge on any atom is 0.314 e. The van der Waals surface area contributed by atoms with E-state index < -0.39 is 11.4 Å². The SMILES string of the molecule is CC(CC(=O)c1ccccc1)(C(=O)O)c1ccccc1. The number of carbonyl (C=O) groups excluding carboxylic acids is 1. The first-order chi connectivity index (χ1) is 9.54. The molecule has 1 N–H and O–H groups in total. The molecule has 3 heteroatoms. The van der Waals surface area contributed by atoms with Crippen LogP contribution in [-0.2, 0) is 10.2 Å². The van der Waals surface area contributed by atoms with Gasteiger partial charge in [-0.1, -0.05) is 60.7 Å². The van der Waals surface area contributed by atoms with Crippen molar-refractivity contribution < 1.29 is 14.7 Å². The van der Waals surface area contributed by atoms with Gasteiger partial charge in [-0.2, -0.15) is 0 Å². The lowest BCUT2D eigenvalue weighted by Gasteiger charge is -2.24. The Bertz CT molecular complexity index is 605. The molecule has 0 bridgehead atoms. The van der Waals surface area contributed by atoms with Gasteiger partial charge in [0.2, 0.25) is 0 Å². The molecule has 0 aliphatic rings. The van der Waals surface area contributed by atoms with E-state index in [0.717, 1.165) is 0 Å². The normalized spacial score (nSPS) is 13.4. The van der Waals surface area contributed by atoms with E-state index in [9.17, 15) is 14.7 Å². The predicted octanol–water partition coefficient (Wildman–Crippen LogP) is 3.30. The summed E-state index contributed by atoms with van der Waals surface area (Å²) in [5.41, 5.74) is -0.0403. The van der Waals surface area contributed by atoms with E-state index >= 15 is 0 Å². The fourth-order valence-electron chi connectivity index (χ4n) is 2.15. The molecule has 0 fully saturated rings. The van der Waals surface area contributed by atoms with Crippen LogP contribution in [0.15, 0.2) is 60.7 Å². The number of Topliss-reactive ketones (excluding diaryl/α,β-unsaturated/α-hetero) is 1. The van der Waals surface area contributed by atoms with Gasteiger partial charge in [0.1, 0.15) is 0 Å². The zero-order valence-electron chi connectivity index (χ0n) is 11.2. The highest BCUT2D eigenvalue weighted by Crippen LogP contribution is 2.29. The molecule has 2 rings (SSSR count). The average Bonchev–Trinajstić information content (AvgIpc) is 2.48. The van der Waals surface area contributed by atoms with Crippen molar-refractivity contribution in [3.8, 4) is 0 Å². The van der Waals surface area contributed by atoms with Gasteiger partial charge in [0, 0.05) is 12.0 Å². The predicted molar refractivity (Wildman–Crippen MR) is 76.8 cm³/mol. The minimum absolute atomic E-state index is 0.0592. The van der Waals surface area contributed by atoms with Gasteiger partial charge in [-0.15, -0.1) is 0 Å². The van der Waals surface area contributed by atoms with Gasteiger partial charge in [0.15, 0.2) is 5.78 Å². The van der Waals surface area contributed by atoms with Crippen LogP contribution in [-0.4, -0.2) is 16.9 Å². The van der Waals surface area contributed by atoms with E-state index in [1.165, 1.54) is 0 Å². The molecule has 2 aromatic rings. The molecular formula is C17H16O3. The Morgan fingerprint density at radius 1 is 0.950 bits per heavy atom. The van der Waals surface area contributed by atoms with E-state index in [4.69, 9.17) is 0 Å². The Morgan fingerprint density at radius 3 is 1.95 bits per heavy atom. The zero-order valence-corrected chi connectivity index (χ0v) is 11.2. The van der Waals surface area contributed by atoms with E-state index in [1.807, 2.05) is 12.1 Å². The number of carbonyl (C=O) groups is 2. The molecule has 0 spiro atoms. The Balaban J connectivity index is 2.32. The van der Waals surface area contributed by atoms with Crippen molar-refractivity contribution in [3.05, 3.63) is 71.8 Å². The van der Waals surface area contributed by atoms with Gasteiger partial charge in [-0.25, -0.2) is 0 Å². The molecule has 1 unspecified atom stereocenters. The second-order valence-electron chi connectivity index (χ2n) is 4.97. The van der Waals surface area contributed by atoms with Crippen LogP contribution in [0.1, 0.15) is 29.3 Å². The minimum atomic E-state index is -1.21. The van der Waals surface area contributed by atoms with Crippen molar-refractivity contribution in [2.45, 2.75) is 18.8 Å². The molecule has 0 aliphatic heterocycles. The Morgan fingerprint density at radius 2 is 1.45 bits per heavy atom. The van der Waals surface area contributed by atoms with Crippen LogP contribution in [0.5, 0.6) is 0 Å². The number of hydrogen-bond acceptors (Lipinski definition) is 2. The Kier molecular flexibility index (Phi) is 3.99. The first-order valence-electron chi connectivity index (χ1n) is 6.41. The lowest BCUT2D eigenvalue weighted by atomic mass is 9.77. The van der Waals surface area contributed by atoms with Crippen LogP contribution in [0.25, 0.3) is 0 Å². The number of benzene rings is 2. The number of carboxylic acid groups (broad SMARTS) is 1. The third-order valence-electron chi connectivity index (χ3n) is 3.49. The second-order valence-corrected chi connectivity index (χ2v) is 4.97. The monoisotopic (exact) mass is 268 g/mol. The average molecular weight is 268 g/mol. The first kappa shape index (κ1) is 14.0. The van der Waals surface area contributed by atoms with Gasteiger partial charge < -0.3 is 5.11 Å². The van der Waals surface area contributed by atoms with Gasteiger partial charge in [-0.05, 0) is 12.5 Å². The highest BCUT2D eigenvalue weighted by Gasteiger charge is 2.37. The smallest absolute Gasteiger partial charge is 0.314 e. The molecule has 0 aliphatic carbocycles. The van der Waals surface area contributed by atoms with Crippen LogP contribution >= 0.6 is 0 Å². The number of aliphatic carboxylic acids is 1. The van der Waals surface area contributed by atoms with Crippen molar-refractivity contribution in [2.75, 3.05) is 0 Å². The summed E-state index contributed by atoms with van der Waals surface area (Å²) in [7, 11) is 0. The van der Waals surface area contributed by atoms with Crippen LogP contribution in [0, 0.1) is 0 Å². The summed E-state index contributed by atoms with van der Waals surface area (Å²) < 4.78 is 0. The van der Waals surface area contributed by atoms with Crippen LogP contribution in [0.2, 0.25) is 0 Å². The molecule has 20 heavy (non-hydrogen) atoms. The standard InChI is InChI=1S/C17H16O3/c1-17(16(19)20,14-10-6-3-7-11-14)12-15(18)13-8-4-2-5-9-13/h2-11H,12H2,1H3,(H,19,20). The number of hydrogen-bond donors (Lipinski definition) is 1. The molecule has 0 heterocycles. The number of rotatable bonds is 5. The second kappa shape index (κ2) is 5.70. The molecule has 0 amide bonds. The van der Waals surface area contributed by atoms with Gasteiger partial charge in [0.05, 0.1) is 5.41 Å². The molecule has 0 aromatic heterocycles. The van der Waals surface area contributed by atoms with Crippen molar-refractivity contribution in [1.29, 1.82) is 0 Å². The zero-order chi connectivity index (χ0) is 14.6. The van der Waals surface area contributed by atoms with Gasteiger partial charge >= 0.3 is 5.97 Å². The van der Waals surface area contributed by atoms with Crippen LogP contribution < -0.4 is 0 Å². The minimum Gasteiger partial charge on any atom is -0.481 e. The van der Waals surface area contributed by atoms with E-state index in [-0.39, 0.29) is 12.2 Å². The quantitative estimate of drug-likeness (QED) is 0.846. The largest absolute Gasteiger partial charge is 0.481 e. The summed E-state index contributed by atoms with van der Waals surface area (Å²) in [4.78, 5) is 23.9. The van der Waals surface area contributed by atoms with Crippen LogP contribution in [0.3, 0.4) is 0 Å². The fraction of sp³-hybridized carbons (Fsp3) is 0.176. The summed E-state index contributed by atoms with van der Waals surface area (Å²) in [5.74, 6) is -1.16. The van der Waals surface area contributed by atoms with Crippen molar-refractivity contribution in [1.82, 2.24) is 0 Å². The van der Waals surface area contributed by atoms with Gasteiger partial charge in [-0.3, -0.25) is 9.59 Å². The third kappa shape index (κ3) is 2.77. The summed E-state index contributed by atoms with van der Waals surface area (Å²) in [5, 5.41) is 9.53. The lowest BCUT2D eigenvalue weighted by Crippen LogP contribution is -2.35. The molecule has 2 aromatic carbocycles. The number of carboxylic acids is 1. The molecule has 102 valence electrons.